The van der Waals surface area contributed by atoms with Crippen molar-refractivity contribution in [1.82, 2.24) is 23.9 Å². The number of aromatic nitrogens is 4. The molecule has 0 spiro atoms. The number of rotatable bonds is 7. The number of nitrogens with zero attached hydrogens (tertiary/aromatic N) is 7. The van der Waals surface area contributed by atoms with Crippen LogP contribution in [0, 0.1) is 5.82 Å². The lowest BCUT2D eigenvalue weighted by atomic mass is 10.0. The molecular formula is C27H30FN7O2S. The zero-order valence-corrected chi connectivity index (χ0v) is 22.2. The Morgan fingerprint density at radius 1 is 1.08 bits per heavy atom. The van der Waals surface area contributed by atoms with Crippen LogP contribution in [0.1, 0.15) is 31.4 Å². The van der Waals surface area contributed by atoms with Gasteiger partial charge in [-0.25, -0.2) is 27.3 Å². The Kier molecular flexibility index (Phi) is 6.27. The van der Waals surface area contributed by atoms with Crippen LogP contribution < -0.4 is 9.80 Å². The summed E-state index contributed by atoms with van der Waals surface area (Å²) in [5.41, 5.74) is 3.18. The molecule has 2 aliphatic rings. The molecule has 0 bridgehead atoms. The Morgan fingerprint density at radius 2 is 1.89 bits per heavy atom. The molecule has 1 aromatic carbocycles. The molecule has 38 heavy (non-hydrogen) atoms. The van der Waals surface area contributed by atoms with Crippen LogP contribution in [-0.4, -0.2) is 70.8 Å². The molecular weight excluding hydrogens is 505 g/mol. The highest BCUT2D eigenvalue weighted by Gasteiger charge is 2.36. The van der Waals surface area contributed by atoms with Gasteiger partial charge in [0.2, 0.25) is 10.0 Å². The van der Waals surface area contributed by atoms with Crippen LogP contribution in [0.4, 0.5) is 16.0 Å². The van der Waals surface area contributed by atoms with Gasteiger partial charge >= 0.3 is 0 Å². The SMILES string of the molecule is CCN(C1CN(c2cccc(-c3cnc4ccc(N5CCC[C@@H]5c5cccc(F)c5)nn34)n2)C1)S(C)(=O)=O. The van der Waals surface area contributed by atoms with Crippen molar-refractivity contribution in [3.63, 3.8) is 0 Å². The van der Waals surface area contributed by atoms with E-state index >= 15 is 0 Å². The minimum absolute atomic E-state index is 0.0491. The first-order valence-corrected chi connectivity index (χ1v) is 14.7. The van der Waals surface area contributed by atoms with E-state index in [-0.39, 0.29) is 17.9 Å². The molecule has 3 aromatic heterocycles. The van der Waals surface area contributed by atoms with Gasteiger partial charge in [-0.1, -0.05) is 25.1 Å². The van der Waals surface area contributed by atoms with Crippen LogP contribution >= 0.6 is 0 Å². The Labute approximate surface area is 221 Å². The van der Waals surface area contributed by atoms with E-state index in [2.05, 4.69) is 14.8 Å². The number of benzene rings is 1. The minimum atomic E-state index is -3.24. The summed E-state index contributed by atoms with van der Waals surface area (Å²) in [5, 5.41) is 4.93. The van der Waals surface area contributed by atoms with Gasteiger partial charge in [-0.2, -0.15) is 4.31 Å². The lowest BCUT2D eigenvalue weighted by Crippen LogP contribution is -2.60. The molecule has 11 heteroatoms. The summed E-state index contributed by atoms with van der Waals surface area (Å²) >= 11 is 0. The smallest absolute Gasteiger partial charge is 0.211 e. The largest absolute Gasteiger partial charge is 0.353 e. The van der Waals surface area contributed by atoms with Crippen LogP contribution in [0.25, 0.3) is 17.0 Å². The standard InChI is InChI=1S/C27H30FN7O2S/c1-3-34(38(2,36)37)21-17-32(18-21)26-11-5-9-22(30-26)24-16-29-25-12-13-27(31-35(24)25)33-14-6-10-23(33)19-7-4-8-20(28)15-19/h4-5,7-9,11-13,15-16,21,23H,3,6,10,14,17-18H2,1-2H3/t23-/m1/s1. The molecule has 6 rings (SSSR count). The first-order chi connectivity index (χ1) is 18.3. The Bertz CT molecular complexity index is 1590. The highest BCUT2D eigenvalue weighted by Crippen LogP contribution is 2.36. The molecule has 0 unspecified atom stereocenters. The van der Waals surface area contributed by atoms with E-state index in [0.29, 0.717) is 25.3 Å². The van der Waals surface area contributed by atoms with Crippen LogP contribution in [0.3, 0.4) is 0 Å². The number of sulfonamides is 1. The molecule has 2 aliphatic heterocycles. The molecule has 9 nitrogen and oxygen atoms in total. The third-order valence-corrected chi connectivity index (χ3v) is 8.87. The summed E-state index contributed by atoms with van der Waals surface area (Å²) in [6.07, 6.45) is 4.97. The quantitative estimate of drug-likeness (QED) is 0.356. The molecule has 1 atom stereocenters. The molecule has 4 aromatic rings. The fraction of sp³-hybridized carbons (Fsp3) is 0.370. The van der Waals surface area contributed by atoms with Crippen LogP contribution in [-0.2, 0) is 10.0 Å². The van der Waals surface area contributed by atoms with E-state index < -0.39 is 10.0 Å². The zero-order valence-electron chi connectivity index (χ0n) is 21.4. The summed E-state index contributed by atoms with van der Waals surface area (Å²) in [7, 11) is -3.24. The molecule has 0 N–H and O–H groups in total. The number of hydrogen-bond acceptors (Lipinski definition) is 7. The Balaban J connectivity index is 1.27. The van der Waals surface area contributed by atoms with Gasteiger partial charge in [-0.3, -0.25) is 0 Å². The zero-order chi connectivity index (χ0) is 26.4. The summed E-state index contributed by atoms with van der Waals surface area (Å²) in [6, 6.07) is 16.5. The van der Waals surface area contributed by atoms with Gasteiger partial charge in [0.25, 0.3) is 0 Å². The lowest BCUT2D eigenvalue weighted by Gasteiger charge is -2.44. The number of fused-ring (bicyclic) bond motifs is 1. The Hall–Kier alpha value is -3.57. The van der Waals surface area contributed by atoms with Crippen molar-refractivity contribution in [2.45, 2.75) is 31.8 Å². The highest BCUT2D eigenvalue weighted by molar-refractivity contribution is 7.88. The van der Waals surface area contributed by atoms with Gasteiger partial charge in [0.15, 0.2) is 5.65 Å². The molecule has 0 aliphatic carbocycles. The molecule has 0 amide bonds. The number of anilines is 2. The number of hydrogen-bond donors (Lipinski definition) is 0. The van der Waals surface area contributed by atoms with Crippen LogP contribution in [0.5, 0.6) is 0 Å². The maximum Gasteiger partial charge on any atom is 0.211 e. The van der Waals surface area contributed by atoms with Crippen molar-refractivity contribution in [1.29, 1.82) is 0 Å². The van der Waals surface area contributed by atoms with Crippen molar-refractivity contribution in [3.05, 3.63) is 72.2 Å². The molecule has 2 fully saturated rings. The van der Waals surface area contributed by atoms with E-state index in [0.717, 1.165) is 48.0 Å². The number of pyridine rings is 1. The fourth-order valence-corrected chi connectivity index (χ4v) is 6.77. The molecule has 198 valence electrons. The van der Waals surface area contributed by atoms with E-state index in [1.54, 1.807) is 22.6 Å². The average molecular weight is 536 g/mol. The van der Waals surface area contributed by atoms with E-state index in [1.165, 1.54) is 12.3 Å². The summed E-state index contributed by atoms with van der Waals surface area (Å²) in [6.45, 7) is 4.36. The van der Waals surface area contributed by atoms with Gasteiger partial charge in [-0.05, 0) is 54.8 Å². The lowest BCUT2D eigenvalue weighted by molar-refractivity contribution is 0.282. The van der Waals surface area contributed by atoms with Gasteiger partial charge in [0, 0.05) is 26.2 Å². The van der Waals surface area contributed by atoms with Crippen LogP contribution in [0.2, 0.25) is 0 Å². The summed E-state index contributed by atoms with van der Waals surface area (Å²) < 4.78 is 41.4. The fourth-order valence-electron chi connectivity index (χ4n) is 5.62. The third-order valence-electron chi connectivity index (χ3n) is 7.46. The number of halogens is 1. The summed E-state index contributed by atoms with van der Waals surface area (Å²) in [4.78, 5) is 13.7. The van der Waals surface area contributed by atoms with Gasteiger partial charge < -0.3 is 9.80 Å². The van der Waals surface area contributed by atoms with Crippen molar-refractivity contribution in [2.75, 3.05) is 42.2 Å². The third kappa shape index (κ3) is 4.49. The monoisotopic (exact) mass is 535 g/mol. The number of imidazole rings is 1. The second-order valence-corrected chi connectivity index (χ2v) is 11.9. The summed E-state index contributed by atoms with van der Waals surface area (Å²) in [5.74, 6) is 1.37. The molecule has 5 heterocycles. The van der Waals surface area contributed by atoms with Crippen LogP contribution in [0.15, 0.2) is 60.8 Å². The average Bonchev–Trinajstić information content (AvgIpc) is 3.52. The predicted octanol–water partition coefficient (Wildman–Crippen LogP) is 3.74. The van der Waals surface area contributed by atoms with E-state index in [4.69, 9.17) is 10.1 Å². The van der Waals surface area contributed by atoms with Crippen molar-refractivity contribution < 1.29 is 12.8 Å². The second kappa shape index (κ2) is 9.63. The number of likely N-dealkylation sites (N-methyl/N-ethyl adjacent to an activating group) is 1. The maximum atomic E-state index is 13.9. The second-order valence-electron chi connectivity index (χ2n) is 9.92. The van der Waals surface area contributed by atoms with Gasteiger partial charge in [-0.15, -0.1) is 5.10 Å². The van der Waals surface area contributed by atoms with Crippen molar-refractivity contribution >= 4 is 27.3 Å². The van der Waals surface area contributed by atoms with E-state index in [1.807, 2.05) is 47.8 Å². The molecule has 0 radical (unpaired) electrons. The van der Waals surface area contributed by atoms with Gasteiger partial charge in [0.05, 0.1) is 30.2 Å². The van der Waals surface area contributed by atoms with E-state index in [9.17, 15) is 12.8 Å². The van der Waals surface area contributed by atoms with Crippen molar-refractivity contribution in [2.24, 2.45) is 0 Å². The minimum Gasteiger partial charge on any atom is -0.353 e. The first kappa shape index (κ1) is 24.7. The maximum absolute atomic E-state index is 13.9. The molecule has 0 saturated carbocycles. The Morgan fingerprint density at radius 3 is 2.66 bits per heavy atom. The first-order valence-electron chi connectivity index (χ1n) is 12.9. The van der Waals surface area contributed by atoms with Crippen molar-refractivity contribution in [3.8, 4) is 11.4 Å². The molecule has 2 saturated heterocycles. The highest BCUT2D eigenvalue weighted by atomic mass is 32.2. The van der Waals surface area contributed by atoms with Gasteiger partial charge in [0.1, 0.15) is 23.1 Å². The predicted molar refractivity (Wildman–Crippen MR) is 145 cm³/mol. The normalized spacial score (nSPS) is 18.5. The topological polar surface area (TPSA) is 86.9 Å².